The summed E-state index contributed by atoms with van der Waals surface area (Å²) in [7, 11) is 2.60. The van der Waals surface area contributed by atoms with Crippen LogP contribution < -0.4 is 14.8 Å². The maximum atomic E-state index is 14.5. The fourth-order valence-corrected chi connectivity index (χ4v) is 4.94. The van der Waals surface area contributed by atoms with Crippen molar-refractivity contribution in [2.75, 3.05) is 26.1 Å². The van der Waals surface area contributed by atoms with Crippen molar-refractivity contribution in [2.45, 2.75) is 25.3 Å². The molecule has 0 radical (unpaired) electrons. The second kappa shape index (κ2) is 10.4. The third-order valence-corrected chi connectivity index (χ3v) is 6.85. The Morgan fingerprint density at radius 2 is 2.00 bits per heavy atom. The van der Waals surface area contributed by atoms with Crippen molar-refractivity contribution >= 4 is 34.4 Å². The van der Waals surface area contributed by atoms with Crippen molar-refractivity contribution in [3.8, 4) is 17.2 Å². The third-order valence-electron chi connectivity index (χ3n) is 6.16. The minimum absolute atomic E-state index is 0.0810. The Labute approximate surface area is 215 Å². The first-order valence-corrected chi connectivity index (χ1v) is 12.0. The van der Waals surface area contributed by atoms with Gasteiger partial charge < -0.3 is 24.6 Å². The van der Waals surface area contributed by atoms with Crippen LogP contribution in [0.5, 0.6) is 17.2 Å². The first-order chi connectivity index (χ1) is 17.7. The second-order valence-electron chi connectivity index (χ2n) is 8.42. The fraction of sp³-hybridized carbons (Fsp3) is 0.280. The van der Waals surface area contributed by atoms with E-state index in [1.807, 2.05) is 0 Å². The highest BCUT2D eigenvalue weighted by Gasteiger charge is 2.44. The lowest BCUT2D eigenvalue weighted by molar-refractivity contribution is -0.118. The van der Waals surface area contributed by atoms with Crippen LogP contribution in [-0.4, -0.2) is 53.7 Å². The van der Waals surface area contributed by atoms with E-state index in [1.165, 1.54) is 35.5 Å². The zero-order valence-electron chi connectivity index (χ0n) is 20.2. The molecule has 0 unspecified atom stereocenters. The summed E-state index contributed by atoms with van der Waals surface area (Å²) < 4.78 is 30.4. The Morgan fingerprint density at radius 3 is 2.62 bits per heavy atom. The van der Waals surface area contributed by atoms with Crippen LogP contribution in [0.3, 0.4) is 0 Å². The number of anilines is 1. The van der Waals surface area contributed by atoms with E-state index >= 15 is 0 Å². The SMILES string of the molecule is COC(=O)c1ccc(Oc2cc3c(cc2OC)CCN(C(=O)O)[C@]3(C)CC(=O)Nc2nccs2)cc1F. The van der Waals surface area contributed by atoms with E-state index in [-0.39, 0.29) is 30.0 Å². The van der Waals surface area contributed by atoms with Crippen LogP contribution in [0.2, 0.25) is 0 Å². The van der Waals surface area contributed by atoms with Crippen LogP contribution in [0, 0.1) is 5.82 Å². The molecule has 1 aliphatic rings. The number of hydrogen-bond acceptors (Lipinski definition) is 8. The Morgan fingerprint density at radius 1 is 1.22 bits per heavy atom. The third kappa shape index (κ3) is 5.19. The van der Waals surface area contributed by atoms with Crippen LogP contribution in [0.4, 0.5) is 14.3 Å². The number of carbonyl (C=O) groups excluding carboxylic acids is 2. The number of rotatable bonds is 7. The number of nitrogens with one attached hydrogen (secondary N) is 1. The normalized spacial score (nSPS) is 16.5. The van der Waals surface area contributed by atoms with Crippen molar-refractivity contribution in [1.29, 1.82) is 0 Å². The maximum absolute atomic E-state index is 14.5. The molecule has 2 N–H and O–H groups in total. The first-order valence-electron chi connectivity index (χ1n) is 11.1. The quantitative estimate of drug-likeness (QED) is 0.424. The number of hydrogen-bond donors (Lipinski definition) is 2. The van der Waals surface area contributed by atoms with E-state index in [1.54, 1.807) is 30.6 Å². The lowest BCUT2D eigenvalue weighted by Gasteiger charge is -2.44. The summed E-state index contributed by atoms with van der Waals surface area (Å²) in [6, 6.07) is 7.00. The molecule has 4 rings (SSSR count). The number of carbonyl (C=O) groups is 3. The van der Waals surface area contributed by atoms with E-state index in [2.05, 4.69) is 15.0 Å². The van der Waals surface area contributed by atoms with Gasteiger partial charge in [0.2, 0.25) is 5.91 Å². The maximum Gasteiger partial charge on any atom is 0.408 e. The molecule has 0 saturated carbocycles. The van der Waals surface area contributed by atoms with Gasteiger partial charge in [0.1, 0.15) is 11.6 Å². The molecule has 0 spiro atoms. The van der Waals surface area contributed by atoms with Crippen molar-refractivity contribution in [3.63, 3.8) is 0 Å². The molecule has 0 aliphatic carbocycles. The molecule has 37 heavy (non-hydrogen) atoms. The number of aromatic nitrogens is 1. The highest BCUT2D eigenvalue weighted by atomic mass is 32.1. The summed E-state index contributed by atoms with van der Waals surface area (Å²) in [6.45, 7) is 1.84. The zero-order chi connectivity index (χ0) is 26.7. The van der Waals surface area contributed by atoms with Crippen LogP contribution in [0.25, 0.3) is 0 Å². The van der Waals surface area contributed by atoms with E-state index in [0.717, 1.165) is 18.7 Å². The standard InChI is InChI=1S/C25H24FN3O7S/c1-25(13-21(30)28-23-27-7-9-37-23)17-12-20(19(34-2)10-14(17)6-8-29(25)24(32)33)36-15-4-5-16(18(26)11-15)22(31)35-3/h4-5,7,9-12H,6,8,13H2,1-3H3,(H,32,33)(H,27,28,30)/t25-/m1/s1. The average molecular weight is 530 g/mol. The summed E-state index contributed by atoms with van der Waals surface area (Å²) in [6.07, 6.45) is 0.594. The van der Waals surface area contributed by atoms with Crippen LogP contribution in [0.15, 0.2) is 41.9 Å². The van der Waals surface area contributed by atoms with E-state index in [0.29, 0.717) is 22.9 Å². The van der Waals surface area contributed by atoms with Crippen molar-refractivity contribution in [1.82, 2.24) is 9.88 Å². The van der Waals surface area contributed by atoms with Gasteiger partial charge in [0.15, 0.2) is 16.6 Å². The summed E-state index contributed by atoms with van der Waals surface area (Å²) in [4.78, 5) is 42.0. The van der Waals surface area contributed by atoms with Gasteiger partial charge in [-0.05, 0) is 48.7 Å². The summed E-state index contributed by atoms with van der Waals surface area (Å²) in [5.41, 5.74) is -0.148. The van der Waals surface area contributed by atoms with Crippen LogP contribution in [0.1, 0.15) is 34.8 Å². The van der Waals surface area contributed by atoms with Gasteiger partial charge >= 0.3 is 12.1 Å². The molecule has 12 heteroatoms. The first kappa shape index (κ1) is 25.9. The molecule has 0 fully saturated rings. The van der Waals surface area contributed by atoms with Crippen molar-refractivity contribution in [3.05, 3.63) is 64.4 Å². The highest BCUT2D eigenvalue weighted by Crippen LogP contribution is 2.44. The highest BCUT2D eigenvalue weighted by molar-refractivity contribution is 7.13. The van der Waals surface area contributed by atoms with Gasteiger partial charge in [0, 0.05) is 24.2 Å². The number of ether oxygens (including phenoxy) is 3. The Bertz CT molecular complexity index is 1350. The van der Waals surface area contributed by atoms with E-state index in [9.17, 15) is 23.9 Å². The second-order valence-corrected chi connectivity index (χ2v) is 9.31. The number of thiazole rings is 1. The topological polar surface area (TPSA) is 127 Å². The number of halogens is 1. The largest absolute Gasteiger partial charge is 0.493 e. The Hall–Kier alpha value is -4.19. The number of benzene rings is 2. The molecule has 10 nitrogen and oxygen atoms in total. The zero-order valence-corrected chi connectivity index (χ0v) is 21.1. The Kier molecular flexibility index (Phi) is 7.30. The molecule has 0 bridgehead atoms. The summed E-state index contributed by atoms with van der Waals surface area (Å²) in [5.74, 6) is -1.45. The van der Waals surface area contributed by atoms with Gasteiger partial charge in [-0.25, -0.2) is 19.0 Å². The lowest BCUT2D eigenvalue weighted by atomic mass is 9.79. The summed E-state index contributed by atoms with van der Waals surface area (Å²) >= 11 is 1.25. The van der Waals surface area contributed by atoms with Gasteiger partial charge in [-0.2, -0.15) is 0 Å². The summed E-state index contributed by atoms with van der Waals surface area (Å²) in [5, 5.41) is 14.8. The van der Waals surface area contributed by atoms with Gasteiger partial charge in [-0.3, -0.25) is 9.69 Å². The molecule has 3 aromatic rings. The van der Waals surface area contributed by atoms with Crippen molar-refractivity contribution in [2.24, 2.45) is 0 Å². The number of carboxylic acid groups (broad SMARTS) is 1. The number of fused-ring (bicyclic) bond motifs is 1. The molecule has 1 aromatic heterocycles. The average Bonchev–Trinajstić information content (AvgIpc) is 3.36. The van der Waals surface area contributed by atoms with Gasteiger partial charge in [0.05, 0.1) is 31.7 Å². The molecule has 2 heterocycles. The number of amides is 2. The number of esters is 1. The fourth-order valence-electron chi connectivity index (χ4n) is 4.39. The molecule has 0 saturated heterocycles. The van der Waals surface area contributed by atoms with Crippen LogP contribution in [-0.2, 0) is 21.5 Å². The van der Waals surface area contributed by atoms with E-state index < -0.39 is 29.3 Å². The lowest BCUT2D eigenvalue weighted by Crippen LogP contribution is -2.52. The Balaban J connectivity index is 1.72. The molecule has 194 valence electrons. The molecule has 1 aliphatic heterocycles. The molecule has 1 atom stereocenters. The number of methoxy groups -OCH3 is 2. The predicted molar refractivity (Wildman–Crippen MR) is 132 cm³/mol. The van der Waals surface area contributed by atoms with Gasteiger partial charge in [-0.1, -0.05) is 0 Å². The van der Waals surface area contributed by atoms with Crippen LogP contribution >= 0.6 is 11.3 Å². The minimum Gasteiger partial charge on any atom is -0.493 e. The molecular weight excluding hydrogens is 505 g/mol. The molecule has 2 amide bonds. The van der Waals surface area contributed by atoms with Gasteiger partial charge in [-0.15, -0.1) is 11.3 Å². The van der Waals surface area contributed by atoms with E-state index in [4.69, 9.17) is 9.47 Å². The number of nitrogens with zero attached hydrogens (tertiary/aromatic N) is 2. The monoisotopic (exact) mass is 529 g/mol. The minimum atomic E-state index is -1.24. The molecular formula is C25H24FN3O7S. The predicted octanol–water partition coefficient (Wildman–Crippen LogP) is 4.65. The van der Waals surface area contributed by atoms with Gasteiger partial charge in [0.25, 0.3) is 0 Å². The smallest absolute Gasteiger partial charge is 0.408 e. The molecule has 2 aromatic carbocycles. The van der Waals surface area contributed by atoms with Crippen molar-refractivity contribution < 1.29 is 38.1 Å².